The summed E-state index contributed by atoms with van der Waals surface area (Å²) >= 11 is 0. The lowest BCUT2D eigenvalue weighted by Gasteiger charge is -2.22. The summed E-state index contributed by atoms with van der Waals surface area (Å²) < 4.78 is 5.54. The molecule has 2 N–H and O–H groups in total. The number of furan rings is 1. The SMILES string of the molecule is NCC1CC(c2ccco2)N(C2CC2)C1. The fourth-order valence-corrected chi connectivity index (χ4v) is 2.69. The largest absolute Gasteiger partial charge is 0.468 e. The van der Waals surface area contributed by atoms with Gasteiger partial charge < -0.3 is 10.2 Å². The summed E-state index contributed by atoms with van der Waals surface area (Å²) in [6.07, 6.45) is 5.65. The van der Waals surface area contributed by atoms with E-state index in [2.05, 4.69) is 11.0 Å². The molecule has 0 amide bonds. The maximum Gasteiger partial charge on any atom is 0.120 e. The Balaban J connectivity index is 1.80. The molecule has 82 valence electrons. The predicted octanol–water partition coefficient (Wildman–Crippen LogP) is 1.76. The summed E-state index contributed by atoms with van der Waals surface area (Å²) in [6, 6.07) is 5.37. The highest BCUT2D eigenvalue weighted by Crippen LogP contribution is 2.42. The van der Waals surface area contributed by atoms with Gasteiger partial charge >= 0.3 is 0 Å². The number of hydrogen-bond acceptors (Lipinski definition) is 3. The van der Waals surface area contributed by atoms with E-state index in [1.165, 1.54) is 19.3 Å². The van der Waals surface area contributed by atoms with Crippen LogP contribution in [0.3, 0.4) is 0 Å². The van der Waals surface area contributed by atoms with E-state index in [-0.39, 0.29) is 0 Å². The average Bonchev–Trinajstić information content (AvgIpc) is 2.83. The minimum Gasteiger partial charge on any atom is -0.468 e. The molecule has 3 nitrogen and oxygen atoms in total. The molecule has 3 rings (SSSR count). The summed E-state index contributed by atoms with van der Waals surface area (Å²) in [4.78, 5) is 2.59. The van der Waals surface area contributed by atoms with Gasteiger partial charge in [-0.3, -0.25) is 4.90 Å². The molecule has 2 unspecified atom stereocenters. The first-order valence-corrected chi connectivity index (χ1v) is 5.87. The van der Waals surface area contributed by atoms with Crippen LogP contribution < -0.4 is 5.73 Å². The van der Waals surface area contributed by atoms with Crippen LogP contribution in [0.2, 0.25) is 0 Å². The van der Waals surface area contributed by atoms with Crippen molar-refractivity contribution in [2.75, 3.05) is 13.1 Å². The average molecular weight is 206 g/mol. The second-order valence-corrected chi connectivity index (χ2v) is 4.80. The lowest BCUT2D eigenvalue weighted by molar-refractivity contribution is 0.217. The third-order valence-corrected chi connectivity index (χ3v) is 3.65. The predicted molar refractivity (Wildman–Crippen MR) is 58.3 cm³/mol. The second kappa shape index (κ2) is 3.65. The molecule has 2 heterocycles. The lowest BCUT2D eigenvalue weighted by Crippen LogP contribution is -2.27. The van der Waals surface area contributed by atoms with Gasteiger partial charge in [0.15, 0.2) is 0 Å². The van der Waals surface area contributed by atoms with E-state index >= 15 is 0 Å². The Morgan fingerprint density at radius 1 is 1.47 bits per heavy atom. The molecule has 1 aromatic rings. The van der Waals surface area contributed by atoms with Crippen LogP contribution in [0.1, 0.15) is 31.1 Å². The first-order chi connectivity index (χ1) is 7.38. The zero-order chi connectivity index (χ0) is 10.3. The van der Waals surface area contributed by atoms with E-state index in [9.17, 15) is 0 Å². The van der Waals surface area contributed by atoms with Crippen molar-refractivity contribution in [2.24, 2.45) is 11.7 Å². The van der Waals surface area contributed by atoms with Crippen molar-refractivity contribution in [3.63, 3.8) is 0 Å². The standard InChI is InChI=1S/C12H18N2O/c13-7-9-6-11(12-2-1-5-15-12)14(8-9)10-3-4-10/h1-2,5,9-11H,3-4,6-8,13H2. The van der Waals surface area contributed by atoms with Gasteiger partial charge in [0.1, 0.15) is 5.76 Å². The monoisotopic (exact) mass is 206 g/mol. The summed E-state index contributed by atoms with van der Waals surface area (Å²) in [5.74, 6) is 1.78. The van der Waals surface area contributed by atoms with Crippen LogP contribution in [0.15, 0.2) is 22.8 Å². The van der Waals surface area contributed by atoms with E-state index in [4.69, 9.17) is 10.2 Å². The zero-order valence-electron chi connectivity index (χ0n) is 8.93. The number of nitrogens with two attached hydrogens (primary N) is 1. The highest BCUT2D eigenvalue weighted by Gasteiger charge is 2.41. The Morgan fingerprint density at radius 2 is 2.33 bits per heavy atom. The Kier molecular flexibility index (Phi) is 2.29. The van der Waals surface area contributed by atoms with Crippen LogP contribution in [0.25, 0.3) is 0 Å². The summed E-state index contributed by atoms with van der Waals surface area (Å²) in [5, 5.41) is 0. The van der Waals surface area contributed by atoms with Gasteiger partial charge in [0, 0.05) is 12.6 Å². The third kappa shape index (κ3) is 1.70. The van der Waals surface area contributed by atoms with Gasteiger partial charge in [-0.05, 0) is 43.9 Å². The quantitative estimate of drug-likeness (QED) is 0.819. The normalized spacial score (nSPS) is 32.3. The van der Waals surface area contributed by atoms with E-state index in [0.29, 0.717) is 12.0 Å². The van der Waals surface area contributed by atoms with Crippen LogP contribution >= 0.6 is 0 Å². The fourth-order valence-electron chi connectivity index (χ4n) is 2.69. The summed E-state index contributed by atoms with van der Waals surface area (Å²) in [7, 11) is 0. The van der Waals surface area contributed by atoms with Gasteiger partial charge in [-0.15, -0.1) is 0 Å². The van der Waals surface area contributed by atoms with Crippen molar-refractivity contribution in [3.8, 4) is 0 Å². The zero-order valence-corrected chi connectivity index (χ0v) is 8.93. The molecule has 1 aliphatic carbocycles. The molecule has 2 atom stereocenters. The van der Waals surface area contributed by atoms with Gasteiger partial charge in [-0.2, -0.15) is 0 Å². The molecule has 1 aromatic heterocycles. The molecule has 2 aliphatic rings. The Bertz CT molecular complexity index is 318. The number of nitrogens with zero attached hydrogens (tertiary/aromatic N) is 1. The Morgan fingerprint density at radius 3 is 2.93 bits per heavy atom. The molecule has 0 spiro atoms. The topological polar surface area (TPSA) is 42.4 Å². The maximum absolute atomic E-state index is 5.77. The molecule has 2 fully saturated rings. The lowest BCUT2D eigenvalue weighted by atomic mass is 10.0. The van der Waals surface area contributed by atoms with Gasteiger partial charge in [0.05, 0.1) is 12.3 Å². The molecular formula is C12H18N2O. The number of rotatable bonds is 3. The molecule has 0 bridgehead atoms. The van der Waals surface area contributed by atoms with Crippen molar-refractivity contribution in [2.45, 2.75) is 31.3 Å². The second-order valence-electron chi connectivity index (χ2n) is 4.80. The van der Waals surface area contributed by atoms with Crippen molar-refractivity contribution >= 4 is 0 Å². The van der Waals surface area contributed by atoms with Crippen LogP contribution in [0, 0.1) is 5.92 Å². The molecule has 0 aromatic carbocycles. The first-order valence-electron chi connectivity index (χ1n) is 5.87. The molecule has 1 aliphatic heterocycles. The first kappa shape index (κ1) is 9.43. The van der Waals surface area contributed by atoms with Crippen molar-refractivity contribution in [3.05, 3.63) is 24.2 Å². The Hall–Kier alpha value is -0.800. The molecule has 1 saturated heterocycles. The summed E-state index contributed by atoms with van der Waals surface area (Å²) in [5.41, 5.74) is 5.77. The maximum atomic E-state index is 5.77. The van der Waals surface area contributed by atoms with E-state index in [0.717, 1.165) is 24.9 Å². The van der Waals surface area contributed by atoms with E-state index < -0.39 is 0 Å². The van der Waals surface area contributed by atoms with E-state index in [1.54, 1.807) is 6.26 Å². The van der Waals surface area contributed by atoms with E-state index in [1.807, 2.05) is 6.07 Å². The fraction of sp³-hybridized carbons (Fsp3) is 0.667. The van der Waals surface area contributed by atoms with Crippen molar-refractivity contribution in [1.29, 1.82) is 0 Å². The smallest absolute Gasteiger partial charge is 0.120 e. The van der Waals surface area contributed by atoms with Gasteiger partial charge in [0.2, 0.25) is 0 Å². The Labute approximate surface area is 90.2 Å². The minimum absolute atomic E-state index is 0.487. The highest BCUT2D eigenvalue weighted by atomic mass is 16.3. The van der Waals surface area contributed by atoms with Gasteiger partial charge in [-0.1, -0.05) is 0 Å². The van der Waals surface area contributed by atoms with Crippen LogP contribution in [0.5, 0.6) is 0 Å². The van der Waals surface area contributed by atoms with Crippen molar-refractivity contribution in [1.82, 2.24) is 4.90 Å². The third-order valence-electron chi connectivity index (χ3n) is 3.65. The van der Waals surface area contributed by atoms with Crippen LogP contribution in [0.4, 0.5) is 0 Å². The molecule has 0 radical (unpaired) electrons. The van der Waals surface area contributed by atoms with Crippen LogP contribution in [-0.4, -0.2) is 24.0 Å². The molecule has 3 heteroatoms. The minimum atomic E-state index is 0.487. The molecule has 1 saturated carbocycles. The highest BCUT2D eigenvalue weighted by molar-refractivity contribution is 5.10. The van der Waals surface area contributed by atoms with Gasteiger partial charge in [0.25, 0.3) is 0 Å². The molecular weight excluding hydrogens is 188 g/mol. The van der Waals surface area contributed by atoms with Crippen molar-refractivity contribution < 1.29 is 4.42 Å². The molecule has 15 heavy (non-hydrogen) atoms. The van der Waals surface area contributed by atoms with Crippen LogP contribution in [-0.2, 0) is 0 Å². The van der Waals surface area contributed by atoms with Gasteiger partial charge in [-0.25, -0.2) is 0 Å². The number of hydrogen-bond donors (Lipinski definition) is 1. The number of likely N-dealkylation sites (tertiary alicyclic amines) is 1. The summed E-state index contributed by atoms with van der Waals surface area (Å²) in [6.45, 7) is 1.97.